The number of hydrogen-bond acceptors (Lipinski definition) is 6. The smallest absolute Gasteiger partial charge is 0.344 e. The van der Waals surface area contributed by atoms with Crippen molar-refractivity contribution in [2.24, 2.45) is 0 Å². The molecule has 0 bridgehead atoms. The Bertz CT molecular complexity index is 1140. The van der Waals surface area contributed by atoms with Crippen LogP contribution in [0.15, 0.2) is 27.4 Å². The molecule has 1 aromatic carbocycles. The van der Waals surface area contributed by atoms with Crippen LogP contribution in [0.5, 0.6) is 5.75 Å². The highest BCUT2D eigenvalue weighted by Gasteiger charge is 2.13. The zero-order valence-corrected chi connectivity index (χ0v) is 15.8. The van der Waals surface area contributed by atoms with Gasteiger partial charge in [0, 0.05) is 37.3 Å². The topological polar surface area (TPSA) is 69.0 Å². The van der Waals surface area contributed by atoms with Crippen molar-refractivity contribution in [1.29, 1.82) is 0 Å². The fraction of sp³-hybridized carbons (Fsp3) is 0.500. The summed E-state index contributed by atoms with van der Waals surface area (Å²) >= 11 is 0. The third kappa shape index (κ3) is 5.97. The van der Waals surface area contributed by atoms with Crippen molar-refractivity contribution in [2.75, 3.05) is 32.8 Å². The molecule has 0 radical (unpaired) electrons. The number of rotatable bonds is 9. The number of aryl methyl sites for hydroxylation is 1. The molecule has 0 saturated heterocycles. The third-order valence-electron chi connectivity index (χ3n) is 3.78. The van der Waals surface area contributed by atoms with Gasteiger partial charge in [0.15, 0.2) is 6.61 Å². The highest BCUT2D eigenvalue weighted by molar-refractivity contribution is 5.85. The number of fused-ring (bicyclic) bond motifs is 1. The lowest BCUT2D eigenvalue weighted by Gasteiger charge is -2.18. The zero-order chi connectivity index (χ0) is 27.7. The van der Waals surface area contributed by atoms with Crippen LogP contribution in [0.2, 0.25) is 0 Å². The molecular weight excluding hydrogens is 370 g/mol. The number of halogens is 1. The number of hydrogen-bond donors (Lipinski definition) is 0. The molecule has 2 rings (SSSR count). The van der Waals surface area contributed by atoms with Crippen molar-refractivity contribution in [1.82, 2.24) is 4.90 Å². The summed E-state index contributed by atoms with van der Waals surface area (Å²) in [5, 5.41) is 0.456. The van der Waals surface area contributed by atoms with Crippen LogP contribution in [0.1, 0.15) is 45.5 Å². The van der Waals surface area contributed by atoms with Gasteiger partial charge in [0.25, 0.3) is 0 Å². The van der Waals surface area contributed by atoms with Gasteiger partial charge in [-0.1, -0.05) is 13.7 Å². The molecule has 0 unspecified atom stereocenters. The van der Waals surface area contributed by atoms with Gasteiger partial charge in [0.05, 0.1) is 6.61 Å². The van der Waals surface area contributed by atoms with Gasteiger partial charge in [-0.25, -0.2) is 9.59 Å². The van der Waals surface area contributed by atoms with Crippen LogP contribution in [0.3, 0.4) is 0 Å². The fourth-order valence-electron chi connectivity index (χ4n) is 2.46. The Hall–Kier alpha value is -2.05. The molecule has 6 nitrogen and oxygen atoms in total. The minimum Gasteiger partial charge on any atom is -0.482 e. The number of nitrogens with zero attached hydrogens (tertiary/aromatic N) is 1. The summed E-state index contributed by atoms with van der Waals surface area (Å²) in [7, 11) is 0. The van der Waals surface area contributed by atoms with Crippen LogP contribution in [0.4, 0.5) is 0 Å². The van der Waals surface area contributed by atoms with E-state index >= 15 is 0 Å². The second-order valence-electron chi connectivity index (χ2n) is 5.37. The van der Waals surface area contributed by atoms with Crippen molar-refractivity contribution in [3.63, 3.8) is 0 Å². The minimum absolute atomic E-state index is 0. The van der Waals surface area contributed by atoms with Gasteiger partial charge in [-0.05, 0) is 51.0 Å². The number of ether oxygens (including phenoxy) is 2. The van der Waals surface area contributed by atoms with E-state index in [4.69, 9.17) is 27.6 Å². The second-order valence-corrected chi connectivity index (χ2v) is 5.37. The van der Waals surface area contributed by atoms with E-state index in [1.807, 2.05) is 0 Å². The molecule has 150 valence electrons. The third-order valence-corrected chi connectivity index (χ3v) is 3.78. The first-order chi connectivity index (χ1) is 16.3. The maximum Gasteiger partial charge on any atom is 0.344 e. The molecule has 0 fully saturated rings. The number of carbonyl (C=O) groups excluding carboxylic acids is 1. The highest BCUT2D eigenvalue weighted by atomic mass is 35.5. The van der Waals surface area contributed by atoms with Gasteiger partial charge in [0.1, 0.15) is 11.3 Å². The molecule has 0 saturated carbocycles. The maximum absolute atomic E-state index is 12.7. The van der Waals surface area contributed by atoms with E-state index in [9.17, 15) is 9.59 Å². The van der Waals surface area contributed by atoms with E-state index in [2.05, 4.69) is 0 Å². The van der Waals surface area contributed by atoms with Crippen molar-refractivity contribution in [3.8, 4) is 5.75 Å². The summed E-state index contributed by atoms with van der Waals surface area (Å²) in [4.78, 5) is 24.3. The Kier molecular flexibility index (Phi) is 4.75. The summed E-state index contributed by atoms with van der Waals surface area (Å²) in [5.74, 6) is -0.349. The van der Waals surface area contributed by atoms with Gasteiger partial charge in [0.2, 0.25) is 0 Å². The average Bonchev–Trinajstić information content (AvgIpc) is 2.72. The number of benzene rings is 1. The van der Waals surface area contributed by atoms with E-state index < -0.39 is 51.3 Å². The Morgan fingerprint density at radius 1 is 1.33 bits per heavy atom. The largest absolute Gasteiger partial charge is 0.482 e. The van der Waals surface area contributed by atoms with Crippen LogP contribution in [0, 0.1) is 6.92 Å². The molecule has 0 atom stereocenters. The molecular formula is C20H28ClNO5. The Balaban J connectivity index is 0.00000684. The molecule has 0 N–H and O–H groups in total. The summed E-state index contributed by atoms with van der Waals surface area (Å²) in [6.45, 7) is -11.2. The predicted molar refractivity (Wildman–Crippen MR) is 108 cm³/mol. The minimum atomic E-state index is -3.38. The van der Waals surface area contributed by atoms with Gasteiger partial charge >= 0.3 is 11.6 Å². The van der Waals surface area contributed by atoms with Crippen molar-refractivity contribution < 1.29 is 32.4 Å². The summed E-state index contributed by atoms with van der Waals surface area (Å²) in [6, 6.07) is 4.46. The molecule has 2 aromatic rings. The van der Waals surface area contributed by atoms with Crippen molar-refractivity contribution >= 4 is 29.3 Å². The molecule has 1 aromatic heterocycles. The lowest BCUT2D eigenvalue weighted by molar-refractivity contribution is -0.145. The maximum atomic E-state index is 12.7. The van der Waals surface area contributed by atoms with E-state index in [0.717, 1.165) is 0 Å². The van der Waals surface area contributed by atoms with Crippen LogP contribution < -0.4 is 10.4 Å². The van der Waals surface area contributed by atoms with Crippen LogP contribution in [0.25, 0.3) is 11.0 Å². The monoisotopic (exact) mass is 407 g/mol. The Morgan fingerprint density at radius 3 is 2.74 bits per heavy atom. The van der Waals surface area contributed by atoms with E-state index in [-0.39, 0.29) is 47.4 Å². The highest BCUT2D eigenvalue weighted by Crippen LogP contribution is 2.24. The summed E-state index contributed by atoms with van der Waals surface area (Å²) < 4.78 is 92.2. The lowest BCUT2D eigenvalue weighted by atomic mass is 10.0. The van der Waals surface area contributed by atoms with Crippen LogP contribution in [-0.4, -0.2) is 43.6 Å². The van der Waals surface area contributed by atoms with E-state index in [1.165, 1.54) is 12.1 Å². The lowest BCUT2D eigenvalue weighted by Crippen LogP contribution is -2.27. The quantitative estimate of drug-likeness (QED) is 0.469. The zero-order valence-electron chi connectivity index (χ0n) is 25.0. The average molecular weight is 408 g/mol. The first-order valence-electron chi connectivity index (χ1n) is 13.0. The first kappa shape index (κ1) is 11.7. The molecule has 27 heavy (non-hydrogen) atoms. The van der Waals surface area contributed by atoms with Gasteiger partial charge in [-0.2, -0.15) is 0 Å². The Labute approximate surface area is 179 Å². The fourth-order valence-corrected chi connectivity index (χ4v) is 2.46. The molecule has 7 heteroatoms. The predicted octanol–water partition coefficient (Wildman–Crippen LogP) is 3.35. The van der Waals surface area contributed by atoms with Gasteiger partial charge in [-0.15, -0.1) is 12.4 Å². The molecule has 0 spiro atoms. The standard InChI is InChI=1S/C20H27NO5.ClH/c1-5-21(6-2)11-10-17-14(4)16-9-8-15(12-18(16)26-20(17)23)25-13-19(22)24-7-3;/h8-9,12H,5-7,10-11,13H2,1-4H3;1H/i1D3,2D3,5D2,6D2;. The molecule has 0 aliphatic carbocycles. The molecule has 0 aliphatic heterocycles. The number of likely N-dealkylation sites (N-methyl/N-ethyl adjacent to an activating group) is 1. The summed E-state index contributed by atoms with van der Waals surface area (Å²) in [5.41, 5.74) is -0.348. The second kappa shape index (κ2) is 10.9. The first-order valence-corrected chi connectivity index (χ1v) is 7.97. The van der Waals surface area contributed by atoms with Gasteiger partial charge < -0.3 is 18.8 Å². The molecule has 0 aliphatic rings. The molecule has 1 heterocycles. The normalized spacial score (nSPS) is 18.2. The van der Waals surface area contributed by atoms with Crippen molar-refractivity contribution in [3.05, 3.63) is 39.7 Å². The van der Waals surface area contributed by atoms with Gasteiger partial charge in [-0.3, -0.25) is 0 Å². The van der Waals surface area contributed by atoms with Crippen LogP contribution in [-0.2, 0) is 16.0 Å². The van der Waals surface area contributed by atoms with E-state index in [0.29, 0.717) is 10.9 Å². The van der Waals surface area contributed by atoms with E-state index in [1.54, 1.807) is 19.9 Å². The number of carbonyl (C=O) groups is 1. The van der Waals surface area contributed by atoms with Crippen LogP contribution >= 0.6 is 12.4 Å². The molecule has 0 amide bonds. The summed E-state index contributed by atoms with van der Waals surface area (Å²) in [6.07, 6.45) is -0.392. The van der Waals surface area contributed by atoms with Crippen molar-refractivity contribution in [2.45, 2.75) is 34.0 Å². The Morgan fingerprint density at radius 2 is 2.07 bits per heavy atom. The number of esters is 1. The SMILES string of the molecule is Cl.[2H]C([2H])([2H])C([2H])([2H])N(CCc1c(C)c2ccc(OCC(=O)OCC)cc2oc1=O)C([2H])([2H])C([2H])([2H])[2H].